The fourth-order valence-corrected chi connectivity index (χ4v) is 0.444. The van der Waals surface area contributed by atoms with E-state index in [1.165, 1.54) is 0 Å². The van der Waals surface area contributed by atoms with Crippen molar-refractivity contribution in [1.29, 1.82) is 0 Å². The fraction of sp³-hybridized carbons (Fsp3) is 1.00. The summed E-state index contributed by atoms with van der Waals surface area (Å²) in [6.45, 7) is 0.995. The van der Waals surface area contributed by atoms with Crippen LogP contribution in [0, 0.1) is 0 Å². The van der Waals surface area contributed by atoms with Gasteiger partial charge in [-0.05, 0) is 0 Å². The van der Waals surface area contributed by atoms with Gasteiger partial charge in [0, 0.05) is 6.42 Å². The number of aliphatic hydroxyl groups is 2. The van der Waals surface area contributed by atoms with Gasteiger partial charge in [-0.3, -0.25) is 0 Å². The molecule has 0 fully saturated rings. The van der Waals surface area contributed by atoms with Gasteiger partial charge in [0.25, 0.3) is 0 Å². The van der Waals surface area contributed by atoms with E-state index < -0.39 is 24.6 Å². The first-order chi connectivity index (χ1) is 4.72. The Hall–Kier alpha value is -0.360. The van der Waals surface area contributed by atoms with Gasteiger partial charge < -0.3 is 10.2 Å². The number of halogens is 4. The average molecular weight is 176 g/mol. The van der Waals surface area contributed by atoms with Crippen molar-refractivity contribution < 1.29 is 27.8 Å². The van der Waals surface area contributed by atoms with E-state index in [9.17, 15) is 17.6 Å². The summed E-state index contributed by atoms with van der Waals surface area (Å²) in [6.07, 6.45) is -9.27. The predicted octanol–water partition coefficient (Wildman–Crippen LogP) is 0.978. The van der Waals surface area contributed by atoms with E-state index in [2.05, 4.69) is 0 Å². The monoisotopic (exact) mass is 176 g/mol. The minimum atomic E-state index is -5.13. The molecule has 0 saturated heterocycles. The molecule has 0 aliphatic heterocycles. The quantitative estimate of drug-likeness (QED) is 0.615. The zero-order valence-electron chi connectivity index (χ0n) is 5.69. The van der Waals surface area contributed by atoms with Crippen molar-refractivity contribution in [3.63, 3.8) is 0 Å². The molecular weight excluding hydrogens is 168 g/mol. The highest BCUT2D eigenvalue weighted by molar-refractivity contribution is 4.79. The van der Waals surface area contributed by atoms with Crippen LogP contribution in [-0.4, -0.2) is 28.3 Å². The predicted molar refractivity (Wildman–Crippen MR) is 28.4 cm³/mol. The lowest BCUT2D eigenvalue weighted by molar-refractivity contribution is -0.291. The van der Waals surface area contributed by atoms with Gasteiger partial charge in [0.15, 0.2) is 0 Å². The summed E-state index contributed by atoms with van der Waals surface area (Å²) in [4.78, 5) is 0. The Morgan fingerprint density at radius 2 is 1.64 bits per heavy atom. The molecule has 0 aliphatic carbocycles. The first-order valence-corrected chi connectivity index (χ1v) is 2.88. The van der Waals surface area contributed by atoms with E-state index in [-0.39, 0.29) is 0 Å². The normalized spacial score (nSPS) is 21.0. The highest BCUT2D eigenvalue weighted by Crippen LogP contribution is 2.30. The molecule has 2 N–H and O–H groups in total. The highest BCUT2D eigenvalue weighted by Gasteiger charge is 2.52. The van der Waals surface area contributed by atoms with Crippen LogP contribution in [0.15, 0.2) is 0 Å². The van der Waals surface area contributed by atoms with Crippen molar-refractivity contribution in [3.8, 4) is 0 Å². The lowest BCUT2D eigenvalue weighted by atomic mass is 10.1. The number of aliphatic hydroxyl groups excluding tert-OH is 1. The molecule has 68 valence electrons. The first kappa shape index (κ1) is 10.6. The molecule has 0 rings (SSSR count). The van der Waals surface area contributed by atoms with Crippen molar-refractivity contribution in [1.82, 2.24) is 0 Å². The zero-order valence-corrected chi connectivity index (χ0v) is 5.69. The van der Waals surface area contributed by atoms with E-state index in [0.717, 1.165) is 6.92 Å². The number of hydrogen-bond acceptors (Lipinski definition) is 2. The Labute approximate surface area is 60.4 Å². The molecule has 2 unspecified atom stereocenters. The number of hydrogen-bond donors (Lipinski definition) is 2. The van der Waals surface area contributed by atoms with E-state index >= 15 is 0 Å². The van der Waals surface area contributed by atoms with Gasteiger partial charge in [0.1, 0.15) is 0 Å². The minimum Gasteiger partial charge on any atom is -0.379 e. The van der Waals surface area contributed by atoms with Crippen molar-refractivity contribution in [2.24, 2.45) is 0 Å². The van der Waals surface area contributed by atoms with Gasteiger partial charge in [-0.15, -0.1) is 0 Å². The maximum absolute atomic E-state index is 12.3. The molecule has 0 radical (unpaired) electrons. The summed E-state index contributed by atoms with van der Waals surface area (Å²) in [5.41, 5.74) is 0. The smallest absolute Gasteiger partial charge is 0.379 e. The Balaban J connectivity index is 4.35. The molecule has 0 aromatic carbocycles. The molecule has 0 saturated carbocycles. The Bertz CT molecular complexity index is 131. The molecule has 2 nitrogen and oxygen atoms in total. The molecule has 2 atom stereocenters. The number of alkyl halides is 4. The van der Waals surface area contributed by atoms with E-state index in [1.54, 1.807) is 0 Å². The second kappa shape index (κ2) is 2.94. The van der Waals surface area contributed by atoms with Crippen LogP contribution in [-0.2, 0) is 0 Å². The molecule has 0 aromatic rings. The summed E-state index contributed by atoms with van der Waals surface area (Å²) in [5, 5.41) is 16.5. The lowest BCUT2D eigenvalue weighted by Gasteiger charge is -2.24. The minimum absolute atomic E-state index is 0.812. The van der Waals surface area contributed by atoms with Crippen LogP contribution >= 0.6 is 0 Å². The third-order valence-corrected chi connectivity index (χ3v) is 1.22. The van der Waals surface area contributed by atoms with Gasteiger partial charge in [-0.1, -0.05) is 6.92 Å². The van der Waals surface area contributed by atoms with Crippen molar-refractivity contribution >= 4 is 0 Å². The third kappa shape index (κ3) is 2.63. The van der Waals surface area contributed by atoms with Gasteiger partial charge in [0.2, 0.25) is 12.0 Å². The molecule has 0 aliphatic rings. The van der Waals surface area contributed by atoms with Crippen LogP contribution in [0.4, 0.5) is 17.6 Å². The van der Waals surface area contributed by atoms with Crippen molar-refractivity contribution in [2.75, 3.05) is 0 Å². The van der Waals surface area contributed by atoms with Crippen molar-refractivity contribution in [2.45, 2.75) is 31.5 Å². The second-order valence-corrected chi connectivity index (χ2v) is 2.12. The van der Waals surface area contributed by atoms with E-state index in [4.69, 9.17) is 10.2 Å². The summed E-state index contributed by atoms with van der Waals surface area (Å²) in [7, 11) is 0. The molecule has 0 bridgehead atoms. The van der Waals surface area contributed by atoms with E-state index in [0.29, 0.717) is 0 Å². The molecule has 0 amide bonds. The largest absolute Gasteiger partial charge is 0.420 e. The fourth-order valence-electron chi connectivity index (χ4n) is 0.444. The number of rotatable bonds is 2. The lowest BCUT2D eigenvalue weighted by Crippen LogP contribution is -2.47. The van der Waals surface area contributed by atoms with Gasteiger partial charge in [0.05, 0.1) is 0 Å². The van der Waals surface area contributed by atoms with Gasteiger partial charge in [-0.2, -0.15) is 13.2 Å². The maximum Gasteiger partial charge on any atom is 0.420 e. The van der Waals surface area contributed by atoms with Crippen molar-refractivity contribution in [3.05, 3.63) is 0 Å². The van der Waals surface area contributed by atoms with Crippen LogP contribution in [0.3, 0.4) is 0 Å². The topological polar surface area (TPSA) is 40.5 Å². The molecule has 0 spiro atoms. The summed E-state index contributed by atoms with van der Waals surface area (Å²) in [6, 6.07) is 0. The van der Waals surface area contributed by atoms with E-state index in [1.807, 2.05) is 0 Å². The standard InChI is InChI=1S/C5H8F4O2/c1-2-4(6,11)3(10)5(7,8)9/h3,10-11H,2H2,1H3. The van der Waals surface area contributed by atoms with Gasteiger partial charge in [-0.25, -0.2) is 4.39 Å². The average Bonchev–Trinajstić information content (AvgIpc) is 1.84. The second-order valence-electron chi connectivity index (χ2n) is 2.12. The van der Waals surface area contributed by atoms with Gasteiger partial charge >= 0.3 is 6.18 Å². The van der Waals surface area contributed by atoms with Crippen LogP contribution in [0.2, 0.25) is 0 Å². The zero-order chi connectivity index (χ0) is 9.28. The Morgan fingerprint density at radius 1 is 1.27 bits per heavy atom. The molecule has 0 heterocycles. The van der Waals surface area contributed by atoms with Crippen LogP contribution in [0.25, 0.3) is 0 Å². The van der Waals surface area contributed by atoms with Crippen LogP contribution in [0.1, 0.15) is 13.3 Å². The van der Waals surface area contributed by atoms with Crippen LogP contribution in [0.5, 0.6) is 0 Å². The molecule has 11 heavy (non-hydrogen) atoms. The third-order valence-electron chi connectivity index (χ3n) is 1.22. The Kier molecular flexibility index (Phi) is 2.85. The highest BCUT2D eigenvalue weighted by atomic mass is 19.4. The summed E-state index contributed by atoms with van der Waals surface area (Å²) < 4.78 is 46.7. The molecule has 0 aromatic heterocycles. The first-order valence-electron chi connectivity index (χ1n) is 2.88. The molecular formula is C5H8F4O2. The van der Waals surface area contributed by atoms with Crippen LogP contribution < -0.4 is 0 Å². The summed E-state index contributed by atoms with van der Waals surface area (Å²) in [5.74, 6) is -3.59. The Morgan fingerprint density at radius 3 is 1.73 bits per heavy atom. The SMILES string of the molecule is CCC(O)(F)C(O)C(F)(F)F. The maximum atomic E-state index is 12.3. The summed E-state index contributed by atoms with van der Waals surface area (Å²) >= 11 is 0. The molecule has 6 heteroatoms.